The minimum absolute atomic E-state index is 0.0893. The highest BCUT2D eigenvalue weighted by molar-refractivity contribution is 7.07. The van der Waals surface area contributed by atoms with Gasteiger partial charge in [-0.05, 0) is 58.8 Å². The smallest absolute Gasteiger partial charge is 0.289 e. The molecule has 0 aliphatic carbocycles. The van der Waals surface area contributed by atoms with Gasteiger partial charge in [-0.25, -0.2) is 4.39 Å². The molecule has 1 aliphatic rings. The number of halogens is 1. The van der Waals surface area contributed by atoms with Gasteiger partial charge in [0.15, 0.2) is 5.76 Å². The van der Waals surface area contributed by atoms with Gasteiger partial charge in [0.25, 0.3) is 5.91 Å². The van der Waals surface area contributed by atoms with E-state index >= 15 is 0 Å². The third-order valence-corrected chi connectivity index (χ3v) is 5.32. The van der Waals surface area contributed by atoms with E-state index in [0.717, 1.165) is 25.2 Å². The lowest BCUT2D eigenvalue weighted by atomic mass is 10.2. The van der Waals surface area contributed by atoms with Crippen LogP contribution in [0.25, 0.3) is 11.3 Å². The Morgan fingerprint density at radius 2 is 1.81 bits per heavy atom. The molecule has 6 heteroatoms. The van der Waals surface area contributed by atoms with Crippen LogP contribution in [0.1, 0.15) is 16.1 Å². The number of thiophene rings is 1. The molecule has 26 heavy (non-hydrogen) atoms. The first kappa shape index (κ1) is 17.0. The molecule has 0 atom stereocenters. The highest BCUT2D eigenvalue weighted by Gasteiger charge is 2.24. The van der Waals surface area contributed by atoms with Crippen LogP contribution >= 0.6 is 11.3 Å². The van der Waals surface area contributed by atoms with E-state index in [1.54, 1.807) is 35.6 Å². The fourth-order valence-electron chi connectivity index (χ4n) is 3.13. The number of nitrogens with zero attached hydrogens (tertiary/aromatic N) is 2. The van der Waals surface area contributed by atoms with E-state index in [-0.39, 0.29) is 11.7 Å². The number of rotatable bonds is 4. The van der Waals surface area contributed by atoms with Crippen molar-refractivity contribution in [3.8, 4) is 11.3 Å². The number of furan rings is 1. The Morgan fingerprint density at radius 1 is 1.04 bits per heavy atom. The summed E-state index contributed by atoms with van der Waals surface area (Å²) in [6, 6.07) is 11.6. The molecule has 1 aromatic carbocycles. The van der Waals surface area contributed by atoms with Crippen molar-refractivity contribution in [3.63, 3.8) is 0 Å². The summed E-state index contributed by atoms with van der Waals surface area (Å²) in [5, 5.41) is 4.25. The van der Waals surface area contributed by atoms with E-state index in [1.165, 1.54) is 17.7 Å². The van der Waals surface area contributed by atoms with E-state index in [0.29, 0.717) is 24.6 Å². The molecule has 0 saturated carbocycles. The standard InChI is InChI=1S/C20H19FN2O2S/c21-17-3-1-16(2-4-17)18-5-6-19(25-18)20(24)23-10-8-22(9-11-23)13-15-7-12-26-14-15/h1-7,12,14H,8-11,13H2. The molecule has 0 radical (unpaired) electrons. The zero-order chi connectivity index (χ0) is 17.9. The van der Waals surface area contributed by atoms with Gasteiger partial charge in [-0.15, -0.1) is 0 Å². The summed E-state index contributed by atoms with van der Waals surface area (Å²) >= 11 is 1.71. The van der Waals surface area contributed by atoms with Crippen molar-refractivity contribution in [1.82, 2.24) is 9.80 Å². The molecule has 4 nitrogen and oxygen atoms in total. The number of hydrogen-bond donors (Lipinski definition) is 0. The predicted molar refractivity (Wildman–Crippen MR) is 99.6 cm³/mol. The van der Waals surface area contributed by atoms with Gasteiger partial charge >= 0.3 is 0 Å². The normalized spacial score (nSPS) is 15.3. The lowest BCUT2D eigenvalue weighted by molar-refractivity contribution is 0.0599. The molecule has 3 aromatic rings. The van der Waals surface area contributed by atoms with Crippen LogP contribution in [0.4, 0.5) is 4.39 Å². The molecule has 0 unspecified atom stereocenters. The first-order valence-electron chi connectivity index (χ1n) is 8.57. The van der Waals surface area contributed by atoms with Gasteiger partial charge < -0.3 is 9.32 Å². The van der Waals surface area contributed by atoms with Crippen LogP contribution in [-0.2, 0) is 6.54 Å². The van der Waals surface area contributed by atoms with Gasteiger partial charge in [-0.2, -0.15) is 11.3 Å². The first-order valence-corrected chi connectivity index (χ1v) is 9.52. The number of carbonyl (C=O) groups excluding carboxylic acids is 1. The maximum absolute atomic E-state index is 13.0. The molecule has 3 heterocycles. The SMILES string of the molecule is O=C(c1ccc(-c2ccc(F)cc2)o1)N1CCN(Cc2ccsc2)CC1. The van der Waals surface area contributed by atoms with Gasteiger partial charge in [0.05, 0.1) is 0 Å². The molecule has 0 N–H and O–H groups in total. The van der Waals surface area contributed by atoms with E-state index in [4.69, 9.17) is 4.42 Å². The first-order chi connectivity index (χ1) is 12.7. The molecule has 134 valence electrons. The summed E-state index contributed by atoms with van der Waals surface area (Å²) in [4.78, 5) is 16.9. The van der Waals surface area contributed by atoms with Crippen molar-refractivity contribution in [2.24, 2.45) is 0 Å². The Labute approximate surface area is 155 Å². The maximum atomic E-state index is 13.0. The average Bonchev–Trinajstić information content (AvgIpc) is 3.34. The van der Waals surface area contributed by atoms with Gasteiger partial charge in [-0.1, -0.05) is 0 Å². The monoisotopic (exact) mass is 370 g/mol. The van der Waals surface area contributed by atoms with E-state index in [2.05, 4.69) is 21.7 Å². The van der Waals surface area contributed by atoms with Gasteiger partial charge in [0, 0.05) is 38.3 Å². The van der Waals surface area contributed by atoms with Crippen molar-refractivity contribution in [1.29, 1.82) is 0 Å². The van der Waals surface area contributed by atoms with Gasteiger partial charge in [0.2, 0.25) is 0 Å². The van der Waals surface area contributed by atoms with Crippen LogP contribution in [0.2, 0.25) is 0 Å². The number of benzene rings is 1. The minimum atomic E-state index is -0.295. The Kier molecular flexibility index (Phi) is 4.86. The zero-order valence-electron chi connectivity index (χ0n) is 14.2. The second-order valence-corrected chi connectivity index (χ2v) is 7.15. The van der Waals surface area contributed by atoms with Crippen LogP contribution in [-0.4, -0.2) is 41.9 Å². The van der Waals surface area contributed by atoms with E-state index < -0.39 is 0 Å². The summed E-state index contributed by atoms with van der Waals surface area (Å²) in [7, 11) is 0. The summed E-state index contributed by atoms with van der Waals surface area (Å²) < 4.78 is 18.7. The van der Waals surface area contributed by atoms with E-state index in [9.17, 15) is 9.18 Å². The van der Waals surface area contributed by atoms with Gasteiger partial charge in [-0.3, -0.25) is 9.69 Å². The quantitative estimate of drug-likeness (QED) is 0.694. The number of piperazine rings is 1. The van der Waals surface area contributed by atoms with Crippen molar-refractivity contribution in [3.05, 3.63) is 70.4 Å². The molecule has 4 rings (SSSR count). The molecular weight excluding hydrogens is 351 g/mol. The topological polar surface area (TPSA) is 36.7 Å². The Morgan fingerprint density at radius 3 is 2.50 bits per heavy atom. The van der Waals surface area contributed by atoms with E-state index in [1.807, 2.05) is 4.90 Å². The minimum Gasteiger partial charge on any atom is -0.451 e. The number of hydrogen-bond acceptors (Lipinski definition) is 4. The third-order valence-electron chi connectivity index (χ3n) is 4.59. The third kappa shape index (κ3) is 3.71. The summed E-state index contributed by atoms with van der Waals surface area (Å²) in [6.45, 7) is 4.02. The molecule has 0 bridgehead atoms. The molecule has 1 amide bonds. The maximum Gasteiger partial charge on any atom is 0.289 e. The second-order valence-electron chi connectivity index (χ2n) is 6.37. The zero-order valence-corrected chi connectivity index (χ0v) is 15.0. The molecule has 1 aliphatic heterocycles. The lowest BCUT2D eigenvalue weighted by Crippen LogP contribution is -2.48. The summed E-state index contributed by atoms with van der Waals surface area (Å²) in [5.41, 5.74) is 2.08. The number of amides is 1. The van der Waals surface area contributed by atoms with Crippen LogP contribution in [0.15, 0.2) is 57.6 Å². The Balaban J connectivity index is 1.37. The molecule has 1 fully saturated rings. The Hall–Kier alpha value is -2.44. The predicted octanol–water partition coefficient (Wildman–Crippen LogP) is 4.11. The second kappa shape index (κ2) is 7.43. The van der Waals surface area contributed by atoms with Crippen LogP contribution in [0.5, 0.6) is 0 Å². The highest BCUT2D eigenvalue weighted by Crippen LogP contribution is 2.23. The van der Waals surface area contributed by atoms with Crippen LogP contribution < -0.4 is 0 Å². The van der Waals surface area contributed by atoms with Gasteiger partial charge in [0.1, 0.15) is 11.6 Å². The van der Waals surface area contributed by atoms with Crippen molar-refractivity contribution in [2.45, 2.75) is 6.54 Å². The van der Waals surface area contributed by atoms with Crippen LogP contribution in [0.3, 0.4) is 0 Å². The van der Waals surface area contributed by atoms with Crippen LogP contribution in [0, 0.1) is 5.82 Å². The largest absolute Gasteiger partial charge is 0.451 e. The van der Waals surface area contributed by atoms with Crippen molar-refractivity contribution >= 4 is 17.2 Å². The molecule has 1 saturated heterocycles. The highest BCUT2D eigenvalue weighted by atomic mass is 32.1. The average molecular weight is 370 g/mol. The number of carbonyl (C=O) groups is 1. The van der Waals surface area contributed by atoms with Crippen molar-refractivity contribution in [2.75, 3.05) is 26.2 Å². The van der Waals surface area contributed by atoms with Crippen molar-refractivity contribution < 1.29 is 13.6 Å². The molecule has 0 spiro atoms. The molecule has 2 aromatic heterocycles. The summed E-state index contributed by atoms with van der Waals surface area (Å²) in [6.07, 6.45) is 0. The fourth-order valence-corrected chi connectivity index (χ4v) is 3.79. The Bertz CT molecular complexity index is 866. The summed E-state index contributed by atoms with van der Waals surface area (Å²) in [5.74, 6) is 0.519. The molecular formula is C20H19FN2O2S. The fraction of sp³-hybridized carbons (Fsp3) is 0.250. The lowest BCUT2D eigenvalue weighted by Gasteiger charge is -2.34.